The molecule has 0 saturated carbocycles. The molecular formula is C15H29N3O4. The largest absolute Gasteiger partial charge is 0.450 e. The van der Waals surface area contributed by atoms with Gasteiger partial charge in [0.05, 0.1) is 25.9 Å². The van der Waals surface area contributed by atoms with Crippen molar-refractivity contribution >= 4 is 12.0 Å². The van der Waals surface area contributed by atoms with Crippen molar-refractivity contribution in [1.29, 1.82) is 0 Å². The fourth-order valence-corrected chi connectivity index (χ4v) is 2.12. The number of morpholine rings is 1. The third-order valence-electron chi connectivity index (χ3n) is 3.26. The van der Waals surface area contributed by atoms with E-state index in [1.165, 1.54) is 0 Å². The summed E-state index contributed by atoms with van der Waals surface area (Å²) in [5.41, 5.74) is 5.62. The van der Waals surface area contributed by atoms with Crippen molar-refractivity contribution in [2.45, 2.75) is 51.6 Å². The minimum absolute atomic E-state index is 0.0188. The van der Waals surface area contributed by atoms with Gasteiger partial charge in [0.15, 0.2) is 0 Å². The van der Waals surface area contributed by atoms with Gasteiger partial charge in [-0.1, -0.05) is 0 Å². The SMILES string of the molecule is CC(C)(C)NC(=O)OCCCC[C@@H](N)C(=O)N1CCOCC1. The first kappa shape index (κ1) is 18.7. The zero-order valence-corrected chi connectivity index (χ0v) is 13.9. The van der Waals surface area contributed by atoms with Gasteiger partial charge >= 0.3 is 6.09 Å². The van der Waals surface area contributed by atoms with Crippen LogP contribution < -0.4 is 11.1 Å². The number of rotatable bonds is 6. The van der Waals surface area contributed by atoms with E-state index < -0.39 is 12.1 Å². The van der Waals surface area contributed by atoms with Gasteiger partial charge in [0.25, 0.3) is 0 Å². The molecule has 1 aliphatic heterocycles. The van der Waals surface area contributed by atoms with Crippen LogP contribution in [0, 0.1) is 0 Å². The number of amides is 2. The summed E-state index contributed by atoms with van der Waals surface area (Å²) in [6.07, 6.45) is 1.63. The Labute approximate surface area is 132 Å². The topological polar surface area (TPSA) is 93.9 Å². The molecule has 22 heavy (non-hydrogen) atoms. The van der Waals surface area contributed by atoms with Crippen molar-refractivity contribution in [2.75, 3.05) is 32.9 Å². The number of carbonyl (C=O) groups is 2. The van der Waals surface area contributed by atoms with Gasteiger partial charge in [-0.15, -0.1) is 0 Å². The monoisotopic (exact) mass is 315 g/mol. The third-order valence-corrected chi connectivity index (χ3v) is 3.26. The molecule has 0 unspecified atom stereocenters. The summed E-state index contributed by atoms with van der Waals surface area (Å²) in [6, 6.07) is -0.485. The van der Waals surface area contributed by atoms with Gasteiger partial charge in [0.2, 0.25) is 5.91 Å². The lowest BCUT2D eigenvalue weighted by Gasteiger charge is -2.29. The van der Waals surface area contributed by atoms with Crippen molar-refractivity contribution in [1.82, 2.24) is 10.2 Å². The van der Waals surface area contributed by atoms with Crippen LogP contribution in [0.3, 0.4) is 0 Å². The normalized spacial score (nSPS) is 17.0. The van der Waals surface area contributed by atoms with Crippen molar-refractivity contribution in [3.05, 3.63) is 0 Å². The zero-order valence-electron chi connectivity index (χ0n) is 13.9. The summed E-state index contributed by atoms with van der Waals surface area (Å²) in [6.45, 7) is 8.40. The van der Waals surface area contributed by atoms with E-state index in [-0.39, 0.29) is 11.4 Å². The highest BCUT2D eigenvalue weighted by Crippen LogP contribution is 2.06. The maximum absolute atomic E-state index is 12.1. The Morgan fingerprint density at radius 2 is 1.91 bits per heavy atom. The Balaban J connectivity index is 2.10. The molecule has 0 aliphatic carbocycles. The highest BCUT2D eigenvalue weighted by atomic mass is 16.5. The molecular weight excluding hydrogens is 286 g/mol. The van der Waals surface area contributed by atoms with Crippen molar-refractivity contribution < 1.29 is 19.1 Å². The average Bonchev–Trinajstić information content (AvgIpc) is 2.45. The first-order valence-corrected chi connectivity index (χ1v) is 7.86. The van der Waals surface area contributed by atoms with Crippen LogP contribution in [0.25, 0.3) is 0 Å². The van der Waals surface area contributed by atoms with Crippen LogP contribution in [-0.4, -0.2) is 61.4 Å². The second-order valence-electron chi connectivity index (χ2n) is 6.55. The van der Waals surface area contributed by atoms with Crippen molar-refractivity contribution in [2.24, 2.45) is 5.73 Å². The molecule has 0 bridgehead atoms. The molecule has 128 valence electrons. The maximum atomic E-state index is 12.1. The number of hydrogen-bond acceptors (Lipinski definition) is 5. The lowest BCUT2D eigenvalue weighted by Crippen LogP contribution is -2.48. The van der Waals surface area contributed by atoms with Gasteiger partial charge < -0.3 is 25.4 Å². The minimum atomic E-state index is -0.485. The Hall–Kier alpha value is -1.34. The molecule has 1 fully saturated rings. The van der Waals surface area contributed by atoms with E-state index >= 15 is 0 Å². The third kappa shape index (κ3) is 7.61. The quantitative estimate of drug-likeness (QED) is 0.709. The second kappa shape index (κ2) is 8.95. The number of carbonyl (C=O) groups excluding carboxylic acids is 2. The number of alkyl carbamates (subject to hydrolysis) is 1. The maximum Gasteiger partial charge on any atom is 0.407 e. The van der Waals surface area contributed by atoms with Crippen molar-refractivity contribution in [3.8, 4) is 0 Å². The summed E-state index contributed by atoms with van der Waals surface area (Å²) < 4.78 is 10.3. The van der Waals surface area contributed by atoms with Gasteiger partial charge in [0.1, 0.15) is 0 Å². The molecule has 7 heteroatoms. The van der Waals surface area contributed by atoms with Gasteiger partial charge in [-0.25, -0.2) is 4.79 Å². The molecule has 1 saturated heterocycles. The van der Waals surface area contributed by atoms with Crippen LogP contribution in [0.5, 0.6) is 0 Å². The Bertz CT molecular complexity index is 362. The van der Waals surface area contributed by atoms with E-state index in [2.05, 4.69) is 5.32 Å². The highest BCUT2D eigenvalue weighted by molar-refractivity contribution is 5.81. The lowest BCUT2D eigenvalue weighted by molar-refractivity contribution is -0.136. The molecule has 0 aromatic rings. The second-order valence-corrected chi connectivity index (χ2v) is 6.55. The first-order chi connectivity index (χ1) is 10.3. The van der Waals surface area contributed by atoms with Crippen LogP contribution in [-0.2, 0) is 14.3 Å². The molecule has 0 aromatic carbocycles. The van der Waals surface area contributed by atoms with E-state index in [9.17, 15) is 9.59 Å². The number of unbranched alkanes of at least 4 members (excludes halogenated alkanes) is 1. The molecule has 3 N–H and O–H groups in total. The van der Waals surface area contributed by atoms with E-state index in [0.717, 1.165) is 6.42 Å². The highest BCUT2D eigenvalue weighted by Gasteiger charge is 2.22. The van der Waals surface area contributed by atoms with E-state index in [1.54, 1.807) is 4.90 Å². The molecule has 1 atom stereocenters. The summed E-state index contributed by atoms with van der Waals surface area (Å²) in [5, 5.41) is 2.72. The number of nitrogens with two attached hydrogens (primary N) is 1. The van der Waals surface area contributed by atoms with Crippen LogP contribution in [0.15, 0.2) is 0 Å². The summed E-state index contributed by atoms with van der Waals surface area (Å²) in [7, 11) is 0. The Morgan fingerprint density at radius 3 is 2.50 bits per heavy atom. The molecule has 2 amide bonds. The molecule has 0 aromatic heterocycles. The smallest absolute Gasteiger partial charge is 0.407 e. The number of hydrogen-bond donors (Lipinski definition) is 2. The Kier molecular flexibility index (Phi) is 7.61. The zero-order chi connectivity index (χ0) is 16.6. The molecule has 0 spiro atoms. The van der Waals surface area contributed by atoms with E-state index in [1.807, 2.05) is 20.8 Å². The minimum Gasteiger partial charge on any atom is -0.450 e. The van der Waals surface area contributed by atoms with Crippen LogP contribution in [0.4, 0.5) is 4.79 Å². The summed E-state index contributed by atoms with van der Waals surface area (Å²) in [4.78, 5) is 25.3. The fraction of sp³-hybridized carbons (Fsp3) is 0.867. The molecule has 1 rings (SSSR count). The standard InChI is InChI=1S/C15H29N3O4/c1-15(2,3)17-14(20)22-9-5-4-6-12(16)13(19)18-7-10-21-11-8-18/h12H,4-11,16H2,1-3H3,(H,17,20)/t12-/m1/s1. The predicted molar refractivity (Wildman–Crippen MR) is 83.5 cm³/mol. The van der Waals surface area contributed by atoms with Gasteiger partial charge in [0, 0.05) is 18.6 Å². The molecule has 1 heterocycles. The van der Waals surface area contributed by atoms with Crippen LogP contribution >= 0.6 is 0 Å². The average molecular weight is 315 g/mol. The Morgan fingerprint density at radius 1 is 1.27 bits per heavy atom. The number of nitrogens with one attached hydrogen (secondary N) is 1. The molecule has 1 aliphatic rings. The first-order valence-electron chi connectivity index (χ1n) is 7.86. The van der Waals surface area contributed by atoms with Crippen LogP contribution in [0.2, 0.25) is 0 Å². The van der Waals surface area contributed by atoms with E-state index in [4.69, 9.17) is 15.2 Å². The molecule has 0 radical (unpaired) electrons. The van der Waals surface area contributed by atoms with Gasteiger partial charge in [-0.05, 0) is 40.0 Å². The van der Waals surface area contributed by atoms with Crippen LogP contribution in [0.1, 0.15) is 40.0 Å². The lowest BCUT2D eigenvalue weighted by atomic mass is 10.1. The number of nitrogens with zero attached hydrogens (tertiary/aromatic N) is 1. The molecule has 7 nitrogen and oxygen atoms in total. The van der Waals surface area contributed by atoms with Gasteiger partial charge in [-0.2, -0.15) is 0 Å². The van der Waals surface area contributed by atoms with E-state index in [0.29, 0.717) is 45.8 Å². The summed E-state index contributed by atoms with van der Waals surface area (Å²) in [5.74, 6) is -0.0188. The number of ether oxygens (including phenoxy) is 2. The van der Waals surface area contributed by atoms with Crippen molar-refractivity contribution in [3.63, 3.8) is 0 Å². The predicted octanol–water partition coefficient (Wildman–Crippen LogP) is 0.868. The van der Waals surface area contributed by atoms with Gasteiger partial charge in [-0.3, -0.25) is 4.79 Å². The fourth-order valence-electron chi connectivity index (χ4n) is 2.12. The summed E-state index contributed by atoms with van der Waals surface area (Å²) >= 11 is 0.